The van der Waals surface area contributed by atoms with Crippen LogP contribution in [0.2, 0.25) is 0 Å². The van der Waals surface area contributed by atoms with E-state index in [2.05, 4.69) is 35.5 Å². The third-order valence-corrected chi connectivity index (χ3v) is 5.38. The molecule has 1 atom stereocenters. The first-order valence-electron chi connectivity index (χ1n) is 9.26. The fourth-order valence-electron chi connectivity index (χ4n) is 3.96. The van der Waals surface area contributed by atoms with E-state index in [1.807, 2.05) is 24.3 Å². The Morgan fingerprint density at radius 2 is 2.08 bits per heavy atom. The van der Waals surface area contributed by atoms with Gasteiger partial charge >= 0.3 is 0 Å². The van der Waals surface area contributed by atoms with E-state index in [1.54, 1.807) is 0 Å². The van der Waals surface area contributed by atoms with E-state index in [1.165, 1.54) is 17.7 Å². The van der Waals surface area contributed by atoms with Gasteiger partial charge in [-0.25, -0.2) is 4.98 Å². The molecule has 0 saturated carbocycles. The molecule has 1 aliphatic heterocycles. The van der Waals surface area contributed by atoms with Crippen molar-refractivity contribution in [3.63, 3.8) is 0 Å². The van der Waals surface area contributed by atoms with Crippen LogP contribution in [-0.2, 0) is 13.1 Å². The first-order chi connectivity index (χ1) is 12.2. The average molecular weight is 338 g/mol. The number of likely N-dealkylation sites (tertiary alicyclic amines) is 1. The second-order valence-corrected chi connectivity index (χ2v) is 7.06. The number of piperidine rings is 1. The average Bonchev–Trinajstić information content (AvgIpc) is 3.18. The van der Waals surface area contributed by atoms with Gasteiger partial charge in [0.2, 0.25) is 0 Å². The Balaban J connectivity index is 1.52. The summed E-state index contributed by atoms with van der Waals surface area (Å²) in [6.07, 6.45) is 2.33. The zero-order valence-corrected chi connectivity index (χ0v) is 15.3. The molecule has 1 saturated heterocycles. The lowest BCUT2D eigenvalue weighted by molar-refractivity contribution is 0.186. The largest absolute Gasteiger partial charge is 0.440 e. The molecule has 5 heteroatoms. The van der Waals surface area contributed by atoms with Crippen molar-refractivity contribution < 1.29 is 4.42 Å². The predicted octanol–water partition coefficient (Wildman–Crippen LogP) is 4.04. The molecule has 25 heavy (non-hydrogen) atoms. The van der Waals surface area contributed by atoms with Crippen molar-refractivity contribution in [2.75, 3.05) is 13.1 Å². The Labute approximate surface area is 148 Å². The van der Waals surface area contributed by atoms with Crippen LogP contribution in [0.25, 0.3) is 11.1 Å². The molecular weight excluding hydrogens is 312 g/mol. The first-order valence-corrected chi connectivity index (χ1v) is 9.26. The lowest BCUT2D eigenvalue weighted by Crippen LogP contribution is -2.34. The molecule has 0 amide bonds. The summed E-state index contributed by atoms with van der Waals surface area (Å²) in [5.41, 5.74) is 5.68. The van der Waals surface area contributed by atoms with E-state index < -0.39 is 0 Å². The second kappa shape index (κ2) is 6.64. The molecule has 0 bridgehead atoms. The van der Waals surface area contributed by atoms with Crippen LogP contribution in [0.3, 0.4) is 0 Å². The van der Waals surface area contributed by atoms with Crippen LogP contribution in [-0.4, -0.2) is 32.8 Å². The number of rotatable bonds is 4. The Bertz CT molecular complexity index is 846. The summed E-state index contributed by atoms with van der Waals surface area (Å²) in [6, 6.07) is 8.03. The number of aromatic nitrogens is 3. The maximum absolute atomic E-state index is 6.02. The van der Waals surface area contributed by atoms with E-state index in [4.69, 9.17) is 9.40 Å². The molecule has 0 spiro atoms. The summed E-state index contributed by atoms with van der Waals surface area (Å²) in [6.45, 7) is 10.5. The highest BCUT2D eigenvalue weighted by Crippen LogP contribution is 2.30. The van der Waals surface area contributed by atoms with Gasteiger partial charge in [-0.05, 0) is 52.3 Å². The Morgan fingerprint density at radius 3 is 2.84 bits per heavy atom. The molecular formula is C20H26N4O. The van der Waals surface area contributed by atoms with Crippen molar-refractivity contribution in [2.24, 2.45) is 0 Å². The quantitative estimate of drug-likeness (QED) is 0.720. The van der Waals surface area contributed by atoms with E-state index in [0.717, 1.165) is 55.3 Å². The predicted molar refractivity (Wildman–Crippen MR) is 98.6 cm³/mol. The van der Waals surface area contributed by atoms with E-state index in [-0.39, 0.29) is 0 Å². The van der Waals surface area contributed by atoms with Gasteiger partial charge in [0.15, 0.2) is 11.5 Å². The lowest BCUT2D eigenvalue weighted by atomic mass is 9.97. The molecule has 0 N–H and O–H groups in total. The fourth-order valence-corrected chi connectivity index (χ4v) is 3.96. The van der Waals surface area contributed by atoms with Crippen molar-refractivity contribution >= 4 is 11.1 Å². The monoisotopic (exact) mass is 338 g/mol. The van der Waals surface area contributed by atoms with Gasteiger partial charge in [0.25, 0.3) is 0 Å². The molecule has 1 aromatic carbocycles. The van der Waals surface area contributed by atoms with Crippen LogP contribution in [0.1, 0.15) is 48.5 Å². The van der Waals surface area contributed by atoms with Crippen LogP contribution in [0.4, 0.5) is 0 Å². The number of benzene rings is 1. The smallest absolute Gasteiger partial charge is 0.199 e. The molecule has 0 unspecified atom stereocenters. The van der Waals surface area contributed by atoms with Gasteiger partial charge in [-0.15, -0.1) is 0 Å². The summed E-state index contributed by atoms with van der Waals surface area (Å²) in [7, 11) is 0. The standard InChI is InChI=1S/C20H26N4O/c1-4-24-15(3)17(14(2)22-24)13-23-11-7-8-16(12-23)20-21-18-9-5-6-10-19(18)25-20/h5-6,9-10,16H,4,7-8,11-13H2,1-3H3/t16-/m0/s1. The lowest BCUT2D eigenvalue weighted by Gasteiger charge is -2.31. The number of nitrogens with zero attached hydrogens (tertiary/aromatic N) is 4. The number of hydrogen-bond acceptors (Lipinski definition) is 4. The Morgan fingerprint density at radius 1 is 1.24 bits per heavy atom. The maximum Gasteiger partial charge on any atom is 0.199 e. The number of hydrogen-bond donors (Lipinski definition) is 0. The van der Waals surface area contributed by atoms with Gasteiger partial charge in [-0.2, -0.15) is 5.10 Å². The molecule has 1 fully saturated rings. The highest BCUT2D eigenvalue weighted by Gasteiger charge is 2.26. The van der Waals surface area contributed by atoms with Gasteiger partial charge in [0, 0.05) is 36.8 Å². The maximum atomic E-state index is 6.02. The minimum atomic E-state index is 0.378. The Hall–Kier alpha value is -2.14. The minimum absolute atomic E-state index is 0.378. The van der Waals surface area contributed by atoms with Crippen molar-refractivity contribution in [2.45, 2.75) is 52.6 Å². The molecule has 1 aliphatic rings. The van der Waals surface area contributed by atoms with E-state index in [9.17, 15) is 0 Å². The molecule has 132 valence electrons. The number of fused-ring (bicyclic) bond motifs is 1. The Kier molecular flexibility index (Phi) is 4.34. The number of para-hydroxylation sites is 2. The normalized spacial score (nSPS) is 18.9. The minimum Gasteiger partial charge on any atom is -0.440 e. The number of oxazole rings is 1. The summed E-state index contributed by atoms with van der Waals surface area (Å²) in [5.74, 6) is 1.27. The first kappa shape index (κ1) is 16.3. The van der Waals surface area contributed by atoms with Crippen LogP contribution in [0.15, 0.2) is 28.7 Å². The summed E-state index contributed by atoms with van der Waals surface area (Å²) in [4.78, 5) is 7.25. The molecule has 3 heterocycles. The molecule has 3 aromatic rings. The summed E-state index contributed by atoms with van der Waals surface area (Å²) >= 11 is 0. The second-order valence-electron chi connectivity index (χ2n) is 7.06. The highest BCUT2D eigenvalue weighted by molar-refractivity contribution is 5.72. The molecule has 0 aliphatic carbocycles. The zero-order valence-electron chi connectivity index (χ0n) is 15.3. The third kappa shape index (κ3) is 3.09. The zero-order chi connectivity index (χ0) is 17.4. The topological polar surface area (TPSA) is 47.1 Å². The summed E-state index contributed by atoms with van der Waals surface area (Å²) in [5, 5.41) is 4.66. The van der Waals surface area contributed by atoms with Gasteiger partial charge < -0.3 is 4.42 Å². The molecule has 0 radical (unpaired) electrons. The van der Waals surface area contributed by atoms with Gasteiger partial charge in [0.1, 0.15) is 5.52 Å². The highest BCUT2D eigenvalue weighted by atomic mass is 16.3. The van der Waals surface area contributed by atoms with Crippen LogP contribution < -0.4 is 0 Å². The van der Waals surface area contributed by atoms with Gasteiger partial charge in [-0.1, -0.05) is 12.1 Å². The van der Waals surface area contributed by atoms with Crippen molar-refractivity contribution in [1.29, 1.82) is 0 Å². The SMILES string of the molecule is CCn1nc(C)c(CN2CCC[C@H](c3nc4ccccc4o3)C2)c1C. The molecule has 4 rings (SSSR count). The van der Waals surface area contributed by atoms with Crippen molar-refractivity contribution in [1.82, 2.24) is 19.7 Å². The van der Waals surface area contributed by atoms with Gasteiger partial charge in [-0.3, -0.25) is 9.58 Å². The number of aryl methyl sites for hydroxylation is 2. The fraction of sp³-hybridized carbons (Fsp3) is 0.500. The van der Waals surface area contributed by atoms with Crippen LogP contribution in [0.5, 0.6) is 0 Å². The van der Waals surface area contributed by atoms with E-state index >= 15 is 0 Å². The van der Waals surface area contributed by atoms with Gasteiger partial charge in [0.05, 0.1) is 5.69 Å². The van der Waals surface area contributed by atoms with Crippen LogP contribution >= 0.6 is 0 Å². The molecule has 2 aromatic heterocycles. The third-order valence-electron chi connectivity index (χ3n) is 5.38. The van der Waals surface area contributed by atoms with Crippen LogP contribution in [0, 0.1) is 13.8 Å². The van der Waals surface area contributed by atoms with E-state index in [0.29, 0.717) is 5.92 Å². The van der Waals surface area contributed by atoms with Crippen molar-refractivity contribution in [3.8, 4) is 0 Å². The summed E-state index contributed by atoms with van der Waals surface area (Å²) < 4.78 is 8.12. The van der Waals surface area contributed by atoms with Crippen molar-refractivity contribution in [3.05, 3.63) is 47.1 Å². The molecule has 5 nitrogen and oxygen atoms in total.